The fourth-order valence-electron chi connectivity index (χ4n) is 1.16. The highest BCUT2D eigenvalue weighted by atomic mass is 14.6. The Balaban J connectivity index is 3.88. The molecule has 11 heavy (non-hydrogen) atoms. The van der Waals surface area contributed by atoms with Gasteiger partial charge in [-0.05, 0) is 31.7 Å². The summed E-state index contributed by atoms with van der Waals surface area (Å²) in [7, 11) is 0. The van der Waals surface area contributed by atoms with Crippen molar-refractivity contribution in [3.05, 3.63) is 12.2 Å². The Morgan fingerprint density at radius 1 is 1.36 bits per heavy atom. The summed E-state index contributed by atoms with van der Waals surface area (Å²) in [5.74, 6) is 0. The lowest BCUT2D eigenvalue weighted by Crippen LogP contribution is -2.25. The molecule has 0 aromatic carbocycles. The quantitative estimate of drug-likeness (QED) is 0.589. The largest absolute Gasteiger partial charge is 0.330 e. The van der Waals surface area contributed by atoms with E-state index in [0.717, 1.165) is 19.4 Å². The van der Waals surface area contributed by atoms with Crippen molar-refractivity contribution in [3.63, 3.8) is 0 Å². The van der Waals surface area contributed by atoms with Gasteiger partial charge in [0.2, 0.25) is 0 Å². The molecule has 0 saturated heterocycles. The third kappa shape index (κ3) is 4.17. The average molecular weight is 156 g/mol. The molecule has 0 aromatic rings. The summed E-state index contributed by atoms with van der Waals surface area (Å²) in [6, 6.07) is 0. The third-order valence-electron chi connectivity index (χ3n) is 1.99. The van der Waals surface area contributed by atoms with Crippen LogP contribution in [0.25, 0.3) is 0 Å². The molecule has 0 aromatic heterocycles. The number of hydrogen-bond acceptors (Lipinski definition) is 2. The van der Waals surface area contributed by atoms with Gasteiger partial charge in [0, 0.05) is 6.54 Å². The minimum Gasteiger partial charge on any atom is -0.330 e. The third-order valence-corrected chi connectivity index (χ3v) is 1.99. The molecular weight excluding hydrogens is 136 g/mol. The summed E-state index contributed by atoms with van der Waals surface area (Å²) in [4.78, 5) is 0. The molecule has 1 unspecified atom stereocenters. The van der Waals surface area contributed by atoms with Crippen molar-refractivity contribution in [2.45, 2.75) is 26.7 Å². The van der Waals surface area contributed by atoms with E-state index in [1.807, 2.05) is 6.92 Å². The lowest BCUT2D eigenvalue weighted by Gasteiger charge is -2.23. The molecule has 0 aliphatic carbocycles. The molecule has 66 valence electrons. The first kappa shape index (κ1) is 10.7. The summed E-state index contributed by atoms with van der Waals surface area (Å²) in [6.45, 7) is 5.66. The molecule has 1 atom stereocenters. The Bertz CT molecular complexity index is 121. The Labute approximate surface area is 69.6 Å². The summed E-state index contributed by atoms with van der Waals surface area (Å²) in [5, 5.41) is 0. The standard InChI is InChI=1S/C9H20N2/c1-3-5-9(2,8-11)6-4-7-10/h3,5H,4,6-8,10-11H2,1-2H3/b5-3-. The van der Waals surface area contributed by atoms with E-state index in [4.69, 9.17) is 11.5 Å². The number of nitrogens with two attached hydrogens (primary N) is 2. The molecule has 0 saturated carbocycles. The molecule has 0 amide bonds. The molecule has 0 bridgehead atoms. The molecule has 2 nitrogen and oxygen atoms in total. The molecule has 0 heterocycles. The van der Waals surface area contributed by atoms with Gasteiger partial charge in [0.05, 0.1) is 0 Å². The zero-order valence-corrected chi connectivity index (χ0v) is 7.64. The second-order valence-electron chi connectivity index (χ2n) is 3.25. The zero-order valence-electron chi connectivity index (χ0n) is 7.64. The molecule has 0 fully saturated rings. The summed E-state index contributed by atoms with van der Waals surface area (Å²) < 4.78 is 0. The maximum absolute atomic E-state index is 5.64. The summed E-state index contributed by atoms with van der Waals surface area (Å²) in [5.41, 5.74) is 11.2. The van der Waals surface area contributed by atoms with E-state index in [9.17, 15) is 0 Å². The van der Waals surface area contributed by atoms with Crippen molar-refractivity contribution in [3.8, 4) is 0 Å². The average Bonchev–Trinajstić information content (AvgIpc) is 2.02. The van der Waals surface area contributed by atoms with Crippen molar-refractivity contribution < 1.29 is 0 Å². The predicted molar refractivity (Wildman–Crippen MR) is 50.3 cm³/mol. The van der Waals surface area contributed by atoms with E-state index in [-0.39, 0.29) is 5.41 Å². The van der Waals surface area contributed by atoms with Crippen LogP contribution in [0, 0.1) is 5.41 Å². The first-order valence-corrected chi connectivity index (χ1v) is 4.22. The van der Waals surface area contributed by atoms with Crippen LogP contribution < -0.4 is 11.5 Å². The highest BCUT2D eigenvalue weighted by Gasteiger charge is 2.16. The van der Waals surface area contributed by atoms with Crippen molar-refractivity contribution in [2.24, 2.45) is 16.9 Å². The van der Waals surface area contributed by atoms with Crippen LogP contribution in [0.3, 0.4) is 0 Å². The summed E-state index contributed by atoms with van der Waals surface area (Å²) in [6.07, 6.45) is 6.37. The maximum Gasteiger partial charge on any atom is 0.00115 e. The van der Waals surface area contributed by atoms with Crippen LogP contribution in [0.15, 0.2) is 12.2 Å². The van der Waals surface area contributed by atoms with E-state index in [2.05, 4.69) is 19.1 Å². The van der Waals surface area contributed by atoms with E-state index >= 15 is 0 Å². The first-order chi connectivity index (χ1) is 5.18. The highest BCUT2D eigenvalue weighted by molar-refractivity contribution is 4.96. The molecule has 2 heteroatoms. The molecular formula is C9H20N2. The van der Waals surface area contributed by atoms with E-state index in [1.54, 1.807) is 0 Å². The van der Waals surface area contributed by atoms with Gasteiger partial charge in [-0.2, -0.15) is 0 Å². The smallest absolute Gasteiger partial charge is 0.00115 e. The topological polar surface area (TPSA) is 52.0 Å². The van der Waals surface area contributed by atoms with Gasteiger partial charge in [0.15, 0.2) is 0 Å². The SMILES string of the molecule is C/C=C\C(C)(CN)CCCN. The highest BCUT2D eigenvalue weighted by Crippen LogP contribution is 2.22. The van der Waals surface area contributed by atoms with E-state index in [1.165, 1.54) is 0 Å². The second-order valence-corrected chi connectivity index (χ2v) is 3.25. The van der Waals surface area contributed by atoms with Gasteiger partial charge in [-0.1, -0.05) is 19.1 Å². The van der Waals surface area contributed by atoms with Crippen LogP contribution in [-0.2, 0) is 0 Å². The molecule has 0 radical (unpaired) electrons. The lowest BCUT2D eigenvalue weighted by molar-refractivity contribution is 0.393. The first-order valence-electron chi connectivity index (χ1n) is 4.22. The second kappa shape index (κ2) is 5.33. The molecule has 0 aliphatic rings. The minimum atomic E-state index is 0.161. The number of allylic oxidation sites excluding steroid dienone is 1. The van der Waals surface area contributed by atoms with Crippen molar-refractivity contribution in [2.75, 3.05) is 13.1 Å². The van der Waals surface area contributed by atoms with Gasteiger partial charge in [-0.3, -0.25) is 0 Å². The molecule has 4 N–H and O–H groups in total. The van der Waals surface area contributed by atoms with E-state index < -0.39 is 0 Å². The number of rotatable bonds is 5. The van der Waals surface area contributed by atoms with Crippen LogP contribution in [0.5, 0.6) is 0 Å². The fraction of sp³-hybridized carbons (Fsp3) is 0.778. The van der Waals surface area contributed by atoms with Crippen molar-refractivity contribution >= 4 is 0 Å². The Morgan fingerprint density at radius 2 is 2.00 bits per heavy atom. The van der Waals surface area contributed by atoms with Crippen molar-refractivity contribution in [1.29, 1.82) is 0 Å². The van der Waals surface area contributed by atoms with Gasteiger partial charge in [-0.25, -0.2) is 0 Å². The van der Waals surface area contributed by atoms with Crippen molar-refractivity contribution in [1.82, 2.24) is 0 Å². The van der Waals surface area contributed by atoms with Crippen LogP contribution in [0.1, 0.15) is 26.7 Å². The predicted octanol–water partition coefficient (Wildman–Crippen LogP) is 1.27. The fourth-order valence-corrected chi connectivity index (χ4v) is 1.16. The van der Waals surface area contributed by atoms with Gasteiger partial charge in [0.1, 0.15) is 0 Å². The Hall–Kier alpha value is -0.340. The van der Waals surface area contributed by atoms with Gasteiger partial charge in [0.25, 0.3) is 0 Å². The van der Waals surface area contributed by atoms with Gasteiger partial charge in [-0.15, -0.1) is 0 Å². The summed E-state index contributed by atoms with van der Waals surface area (Å²) >= 11 is 0. The molecule has 0 spiro atoms. The maximum atomic E-state index is 5.64. The van der Waals surface area contributed by atoms with Gasteiger partial charge >= 0.3 is 0 Å². The van der Waals surface area contributed by atoms with Crippen LogP contribution >= 0.6 is 0 Å². The number of hydrogen-bond donors (Lipinski definition) is 2. The normalized spacial score (nSPS) is 17.1. The molecule has 0 aliphatic heterocycles. The van der Waals surface area contributed by atoms with Crippen LogP contribution in [0.4, 0.5) is 0 Å². The van der Waals surface area contributed by atoms with E-state index in [0.29, 0.717) is 6.54 Å². The van der Waals surface area contributed by atoms with Crippen LogP contribution in [-0.4, -0.2) is 13.1 Å². The monoisotopic (exact) mass is 156 g/mol. The van der Waals surface area contributed by atoms with Crippen LogP contribution in [0.2, 0.25) is 0 Å². The lowest BCUT2D eigenvalue weighted by atomic mass is 9.85. The Kier molecular flexibility index (Phi) is 5.16. The molecule has 0 rings (SSSR count). The minimum absolute atomic E-state index is 0.161. The Morgan fingerprint density at radius 3 is 2.36 bits per heavy atom. The zero-order chi connectivity index (χ0) is 8.74. The van der Waals surface area contributed by atoms with Gasteiger partial charge < -0.3 is 11.5 Å².